The Bertz CT molecular complexity index is 419. The molecule has 1 unspecified atom stereocenters. The summed E-state index contributed by atoms with van der Waals surface area (Å²) in [7, 11) is 0. The Morgan fingerprint density at radius 1 is 1.33 bits per heavy atom. The summed E-state index contributed by atoms with van der Waals surface area (Å²) in [5.41, 5.74) is 0. The Morgan fingerprint density at radius 2 is 2.00 bits per heavy atom. The Kier molecular flexibility index (Phi) is 5.07. The molecule has 0 aliphatic heterocycles. The first-order chi connectivity index (χ1) is 8.41. The van der Waals surface area contributed by atoms with E-state index in [9.17, 15) is 13.6 Å². The molecule has 3 nitrogen and oxygen atoms in total. The van der Waals surface area contributed by atoms with Crippen molar-refractivity contribution in [2.45, 2.75) is 20.3 Å². The Balaban J connectivity index is 2.50. The lowest BCUT2D eigenvalue weighted by Gasteiger charge is -2.16. The van der Waals surface area contributed by atoms with Crippen LogP contribution in [0.5, 0.6) is 5.75 Å². The quantitative estimate of drug-likeness (QED) is 0.852. The van der Waals surface area contributed by atoms with Crippen LogP contribution in [0.25, 0.3) is 0 Å². The van der Waals surface area contributed by atoms with Gasteiger partial charge in [-0.05, 0) is 24.5 Å². The molecule has 0 bridgehead atoms. The zero-order chi connectivity index (χ0) is 13.7. The minimum absolute atomic E-state index is 0.00365. The van der Waals surface area contributed by atoms with E-state index >= 15 is 0 Å². The normalized spacial score (nSPS) is 12.5. The molecular formula is C13H16F2O3. The van der Waals surface area contributed by atoms with Crippen LogP contribution in [-0.2, 0) is 4.79 Å². The first kappa shape index (κ1) is 14.4. The molecule has 1 N–H and O–H groups in total. The van der Waals surface area contributed by atoms with Crippen molar-refractivity contribution in [2.75, 3.05) is 6.61 Å². The van der Waals surface area contributed by atoms with Crippen molar-refractivity contribution in [2.24, 2.45) is 11.8 Å². The lowest BCUT2D eigenvalue weighted by Crippen LogP contribution is -2.22. The van der Waals surface area contributed by atoms with E-state index in [1.54, 1.807) is 0 Å². The van der Waals surface area contributed by atoms with Gasteiger partial charge in [0.2, 0.25) is 0 Å². The van der Waals surface area contributed by atoms with Gasteiger partial charge in [-0.3, -0.25) is 4.79 Å². The molecule has 0 saturated carbocycles. The van der Waals surface area contributed by atoms with Crippen molar-refractivity contribution in [1.29, 1.82) is 0 Å². The second-order valence-electron chi connectivity index (χ2n) is 4.40. The molecular weight excluding hydrogens is 242 g/mol. The number of hydrogen-bond acceptors (Lipinski definition) is 2. The van der Waals surface area contributed by atoms with Gasteiger partial charge in [0.15, 0.2) is 11.6 Å². The van der Waals surface area contributed by atoms with E-state index in [-0.39, 0.29) is 18.3 Å². The molecule has 0 spiro atoms. The van der Waals surface area contributed by atoms with Crippen molar-refractivity contribution in [3.8, 4) is 5.75 Å². The second kappa shape index (κ2) is 6.33. The third kappa shape index (κ3) is 3.98. The fraction of sp³-hybridized carbons (Fsp3) is 0.462. The lowest BCUT2D eigenvalue weighted by molar-refractivity contribution is -0.143. The highest BCUT2D eigenvalue weighted by atomic mass is 19.2. The first-order valence-corrected chi connectivity index (χ1v) is 5.72. The van der Waals surface area contributed by atoms with Crippen molar-refractivity contribution in [1.82, 2.24) is 0 Å². The summed E-state index contributed by atoms with van der Waals surface area (Å²) in [6.45, 7) is 3.78. The van der Waals surface area contributed by atoms with Crippen LogP contribution in [0.1, 0.15) is 20.3 Å². The number of halogens is 2. The van der Waals surface area contributed by atoms with E-state index in [0.717, 1.165) is 12.1 Å². The molecule has 5 heteroatoms. The number of rotatable bonds is 6. The van der Waals surface area contributed by atoms with Crippen molar-refractivity contribution in [3.63, 3.8) is 0 Å². The van der Waals surface area contributed by atoms with Crippen molar-refractivity contribution >= 4 is 5.97 Å². The second-order valence-corrected chi connectivity index (χ2v) is 4.40. The maximum Gasteiger partial charge on any atom is 0.306 e. The van der Waals surface area contributed by atoms with E-state index in [1.807, 2.05) is 13.8 Å². The maximum absolute atomic E-state index is 12.9. The molecule has 1 atom stereocenters. The largest absolute Gasteiger partial charge is 0.493 e. The van der Waals surface area contributed by atoms with Crippen LogP contribution in [0.15, 0.2) is 18.2 Å². The van der Waals surface area contributed by atoms with E-state index in [0.29, 0.717) is 6.42 Å². The van der Waals surface area contributed by atoms with Gasteiger partial charge in [-0.2, -0.15) is 0 Å². The smallest absolute Gasteiger partial charge is 0.306 e. The van der Waals surface area contributed by atoms with E-state index in [4.69, 9.17) is 9.84 Å². The SMILES string of the molecule is CC(C)C(CCOc1ccc(F)c(F)c1)C(=O)O. The van der Waals surface area contributed by atoms with Crippen molar-refractivity contribution < 1.29 is 23.4 Å². The van der Waals surface area contributed by atoms with Gasteiger partial charge >= 0.3 is 5.97 Å². The van der Waals surface area contributed by atoms with Crippen LogP contribution in [0.4, 0.5) is 8.78 Å². The van der Waals surface area contributed by atoms with Gasteiger partial charge in [-0.25, -0.2) is 8.78 Å². The standard InChI is InChI=1S/C13H16F2O3/c1-8(2)10(13(16)17)5-6-18-9-3-4-11(14)12(15)7-9/h3-4,7-8,10H,5-6H2,1-2H3,(H,16,17). The molecule has 1 aromatic carbocycles. The Hall–Kier alpha value is -1.65. The highest BCUT2D eigenvalue weighted by Gasteiger charge is 2.21. The molecule has 0 heterocycles. The lowest BCUT2D eigenvalue weighted by atomic mass is 9.93. The molecule has 18 heavy (non-hydrogen) atoms. The van der Waals surface area contributed by atoms with E-state index in [2.05, 4.69) is 0 Å². The fourth-order valence-corrected chi connectivity index (χ4v) is 1.61. The molecule has 1 rings (SSSR count). The number of carbonyl (C=O) groups is 1. The van der Waals surface area contributed by atoms with Gasteiger partial charge in [0.05, 0.1) is 12.5 Å². The average Bonchev–Trinajstić information content (AvgIpc) is 2.28. The zero-order valence-electron chi connectivity index (χ0n) is 10.3. The molecule has 0 aliphatic rings. The van der Waals surface area contributed by atoms with Crippen LogP contribution in [0.2, 0.25) is 0 Å². The summed E-state index contributed by atoms with van der Waals surface area (Å²) in [6.07, 6.45) is 0.325. The number of carboxylic acids is 1. The highest BCUT2D eigenvalue weighted by molar-refractivity contribution is 5.70. The van der Waals surface area contributed by atoms with Gasteiger partial charge in [-0.15, -0.1) is 0 Å². The average molecular weight is 258 g/mol. The Morgan fingerprint density at radius 3 is 2.50 bits per heavy atom. The molecule has 0 aromatic heterocycles. The van der Waals surface area contributed by atoms with Crippen LogP contribution in [-0.4, -0.2) is 17.7 Å². The molecule has 0 amide bonds. The monoisotopic (exact) mass is 258 g/mol. The summed E-state index contributed by atoms with van der Waals surface area (Å²) < 4.78 is 30.7. The van der Waals surface area contributed by atoms with Gasteiger partial charge in [0.25, 0.3) is 0 Å². The van der Waals surface area contributed by atoms with Gasteiger partial charge in [0.1, 0.15) is 5.75 Å². The van der Waals surface area contributed by atoms with Crippen LogP contribution >= 0.6 is 0 Å². The molecule has 0 fully saturated rings. The minimum atomic E-state index is -0.980. The third-order valence-electron chi connectivity index (χ3n) is 2.71. The third-order valence-corrected chi connectivity index (χ3v) is 2.71. The van der Waals surface area contributed by atoms with Crippen LogP contribution in [0.3, 0.4) is 0 Å². The zero-order valence-corrected chi connectivity index (χ0v) is 10.3. The van der Waals surface area contributed by atoms with Gasteiger partial charge < -0.3 is 9.84 Å². The van der Waals surface area contributed by atoms with Crippen LogP contribution < -0.4 is 4.74 Å². The fourth-order valence-electron chi connectivity index (χ4n) is 1.61. The summed E-state index contributed by atoms with van der Waals surface area (Å²) in [5.74, 6) is -3.11. The number of benzene rings is 1. The topological polar surface area (TPSA) is 46.5 Å². The molecule has 0 radical (unpaired) electrons. The van der Waals surface area contributed by atoms with E-state index < -0.39 is 23.5 Å². The molecule has 0 aliphatic carbocycles. The van der Waals surface area contributed by atoms with E-state index in [1.165, 1.54) is 6.07 Å². The number of ether oxygens (including phenoxy) is 1. The summed E-state index contributed by atoms with van der Waals surface area (Å²) in [5, 5.41) is 8.96. The van der Waals surface area contributed by atoms with Gasteiger partial charge in [-0.1, -0.05) is 13.8 Å². The summed E-state index contributed by atoms with van der Waals surface area (Å²) in [4.78, 5) is 10.9. The number of aliphatic carboxylic acids is 1. The summed E-state index contributed by atoms with van der Waals surface area (Å²) in [6, 6.07) is 3.23. The predicted molar refractivity (Wildman–Crippen MR) is 62.4 cm³/mol. The first-order valence-electron chi connectivity index (χ1n) is 5.72. The predicted octanol–water partition coefficient (Wildman–Crippen LogP) is 3.09. The summed E-state index contributed by atoms with van der Waals surface area (Å²) >= 11 is 0. The maximum atomic E-state index is 12.9. The molecule has 0 saturated heterocycles. The van der Waals surface area contributed by atoms with Crippen molar-refractivity contribution in [3.05, 3.63) is 29.8 Å². The highest BCUT2D eigenvalue weighted by Crippen LogP contribution is 2.18. The number of carboxylic acid groups (broad SMARTS) is 1. The Labute approximate surface area is 104 Å². The minimum Gasteiger partial charge on any atom is -0.493 e. The molecule has 1 aromatic rings. The molecule has 100 valence electrons. The number of hydrogen-bond donors (Lipinski definition) is 1. The van der Waals surface area contributed by atoms with Crippen LogP contribution in [0, 0.1) is 23.5 Å². The van der Waals surface area contributed by atoms with Gasteiger partial charge in [0, 0.05) is 6.07 Å².